The van der Waals surface area contributed by atoms with Gasteiger partial charge in [-0.3, -0.25) is 4.79 Å². The molecule has 120 valence electrons. The summed E-state index contributed by atoms with van der Waals surface area (Å²) in [5, 5.41) is 4.87. The molecule has 0 spiro atoms. The summed E-state index contributed by atoms with van der Waals surface area (Å²) in [6, 6.07) is 9.97. The predicted octanol–water partition coefficient (Wildman–Crippen LogP) is 4.08. The maximum Gasteiger partial charge on any atom is 0.312 e. The fourth-order valence-corrected chi connectivity index (χ4v) is 3.35. The lowest BCUT2D eigenvalue weighted by atomic mass is 9.75. The van der Waals surface area contributed by atoms with E-state index in [-0.39, 0.29) is 5.97 Å². The first kappa shape index (κ1) is 17.0. The summed E-state index contributed by atoms with van der Waals surface area (Å²) in [4.78, 5) is 17.6. The van der Waals surface area contributed by atoms with Gasteiger partial charge in [-0.15, -0.1) is 0 Å². The van der Waals surface area contributed by atoms with Crippen LogP contribution in [-0.4, -0.2) is 23.6 Å². The number of carbonyl (C=O) groups excluding carboxylic acids is 1. The largest absolute Gasteiger partial charge is 0.466 e. The first-order chi connectivity index (χ1) is 10.7. The molecule has 0 bridgehead atoms. The first-order valence-corrected chi connectivity index (χ1v) is 8.77. The van der Waals surface area contributed by atoms with Crippen LogP contribution in [0.25, 0.3) is 0 Å². The predicted molar refractivity (Wildman–Crippen MR) is 90.0 cm³/mol. The fourth-order valence-electron chi connectivity index (χ4n) is 2.56. The average molecular weight is 368 g/mol. The molecule has 0 atom stereocenters. The third-order valence-corrected chi connectivity index (χ3v) is 5.09. The fraction of sp³-hybridized carbons (Fsp3) is 0.529. The Morgan fingerprint density at radius 3 is 2.55 bits per heavy atom. The lowest BCUT2D eigenvalue weighted by Crippen LogP contribution is -2.38. The van der Waals surface area contributed by atoms with Crippen molar-refractivity contribution in [2.24, 2.45) is 10.6 Å². The molecule has 2 rings (SSSR count). The number of esters is 1. The zero-order valence-electron chi connectivity index (χ0n) is 12.9. The van der Waals surface area contributed by atoms with Gasteiger partial charge in [0.05, 0.1) is 17.7 Å². The zero-order chi connectivity index (χ0) is 15.8. The Labute approximate surface area is 140 Å². The van der Waals surface area contributed by atoms with E-state index in [1.54, 1.807) is 0 Å². The van der Waals surface area contributed by atoms with Crippen molar-refractivity contribution in [3.63, 3.8) is 0 Å². The van der Waals surface area contributed by atoms with Crippen molar-refractivity contribution in [2.45, 2.75) is 39.2 Å². The van der Waals surface area contributed by atoms with E-state index in [9.17, 15) is 4.79 Å². The highest BCUT2D eigenvalue weighted by molar-refractivity contribution is 9.09. The number of alkyl halides is 1. The maximum absolute atomic E-state index is 12.1. The van der Waals surface area contributed by atoms with Crippen LogP contribution in [0.1, 0.15) is 38.2 Å². The number of halogens is 1. The number of hydrogen-bond donors (Lipinski definition) is 0. The number of rotatable bonds is 6. The number of carbonyl (C=O) groups is 1. The van der Waals surface area contributed by atoms with Crippen molar-refractivity contribution < 1.29 is 14.4 Å². The number of benzene rings is 1. The Morgan fingerprint density at radius 1 is 1.27 bits per heavy atom. The monoisotopic (exact) mass is 367 g/mol. The summed E-state index contributed by atoms with van der Waals surface area (Å²) in [5.41, 5.74) is 1.72. The number of nitrogens with zero attached hydrogens (tertiary/aromatic N) is 1. The van der Waals surface area contributed by atoms with Gasteiger partial charge in [0.25, 0.3) is 0 Å². The van der Waals surface area contributed by atoms with Crippen molar-refractivity contribution >= 4 is 27.6 Å². The van der Waals surface area contributed by atoms with Crippen LogP contribution in [0.3, 0.4) is 0 Å². The van der Waals surface area contributed by atoms with Gasteiger partial charge in [-0.25, -0.2) is 0 Å². The second kappa shape index (κ2) is 8.32. The molecule has 0 heterocycles. The number of ether oxygens (including phenoxy) is 1. The summed E-state index contributed by atoms with van der Waals surface area (Å²) in [5.74, 6) is -0.101. The highest BCUT2D eigenvalue weighted by Gasteiger charge is 2.41. The SMILES string of the molecule is CCOC(=O)C1(CBr)CCC(=NOCc2ccccc2)CC1. The van der Waals surface area contributed by atoms with Crippen molar-refractivity contribution in [2.75, 3.05) is 11.9 Å². The third-order valence-electron chi connectivity index (χ3n) is 4.02. The van der Waals surface area contributed by atoms with E-state index in [0.29, 0.717) is 18.5 Å². The molecule has 1 aliphatic carbocycles. The second-order valence-electron chi connectivity index (χ2n) is 5.55. The van der Waals surface area contributed by atoms with E-state index in [1.165, 1.54) is 0 Å². The Morgan fingerprint density at radius 2 is 1.95 bits per heavy atom. The summed E-state index contributed by atoms with van der Waals surface area (Å²) < 4.78 is 5.21. The highest BCUT2D eigenvalue weighted by Crippen LogP contribution is 2.38. The molecule has 0 radical (unpaired) electrons. The lowest BCUT2D eigenvalue weighted by molar-refractivity contribution is -0.155. The number of hydrogen-bond acceptors (Lipinski definition) is 4. The van der Waals surface area contributed by atoms with E-state index in [2.05, 4.69) is 21.1 Å². The van der Waals surface area contributed by atoms with Crippen molar-refractivity contribution in [3.8, 4) is 0 Å². The first-order valence-electron chi connectivity index (χ1n) is 7.65. The Bertz CT molecular complexity index is 506. The topological polar surface area (TPSA) is 47.9 Å². The van der Waals surface area contributed by atoms with E-state index >= 15 is 0 Å². The van der Waals surface area contributed by atoms with Gasteiger partial charge in [0, 0.05) is 5.33 Å². The van der Waals surface area contributed by atoms with Crippen molar-refractivity contribution in [1.29, 1.82) is 0 Å². The molecule has 0 saturated heterocycles. The summed E-state index contributed by atoms with van der Waals surface area (Å²) >= 11 is 3.47. The highest BCUT2D eigenvalue weighted by atomic mass is 79.9. The van der Waals surface area contributed by atoms with E-state index in [0.717, 1.165) is 37.0 Å². The molecule has 0 unspecified atom stereocenters. The molecular weight excluding hydrogens is 346 g/mol. The maximum atomic E-state index is 12.1. The molecule has 0 N–H and O–H groups in total. The Kier molecular flexibility index (Phi) is 6.43. The Balaban J connectivity index is 1.85. The normalized spacial score (nSPS) is 21.3. The minimum absolute atomic E-state index is 0.101. The van der Waals surface area contributed by atoms with Crippen LogP contribution in [-0.2, 0) is 21.0 Å². The van der Waals surface area contributed by atoms with Crippen LogP contribution in [0.2, 0.25) is 0 Å². The van der Waals surface area contributed by atoms with E-state index in [4.69, 9.17) is 9.57 Å². The van der Waals surface area contributed by atoms with Crippen LogP contribution in [0.5, 0.6) is 0 Å². The summed E-state index contributed by atoms with van der Waals surface area (Å²) in [6.07, 6.45) is 3.06. The molecule has 22 heavy (non-hydrogen) atoms. The van der Waals surface area contributed by atoms with Gasteiger partial charge in [-0.2, -0.15) is 0 Å². The molecule has 0 amide bonds. The zero-order valence-corrected chi connectivity index (χ0v) is 14.5. The van der Waals surface area contributed by atoms with E-state index < -0.39 is 5.41 Å². The van der Waals surface area contributed by atoms with Crippen LogP contribution in [0, 0.1) is 5.41 Å². The van der Waals surface area contributed by atoms with Gasteiger partial charge >= 0.3 is 5.97 Å². The van der Waals surface area contributed by atoms with Gasteiger partial charge in [0.15, 0.2) is 0 Å². The van der Waals surface area contributed by atoms with Gasteiger partial charge in [-0.05, 0) is 38.2 Å². The minimum atomic E-state index is -0.408. The van der Waals surface area contributed by atoms with Gasteiger partial charge < -0.3 is 9.57 Å². The van der Waals surface area contributed by atoms with E-state index in [1.807, 2.05) is 37.3 Å². The number of oxime groups is 1. The Hall–Kier alpha value is -1.36. The molecule has 1 aromatic rings. The molecule has 1 aromatic carbocycles. The van der Waals surface area contributed by atoms with Crippen LogP contribution >= 0.6 is 15.9 Å². The molecule has 0 aromatic heterocycles. The van der Waals surface area contributed by atoms with Gasteiger partial charge in [0.2, 0.25) is 0 Å². The third kappa shape index (κ3) is 4.32. The van der Waals surface area contributed by atoms with Crippen molar-refractivity contribution in [3.05, 3.63) is 35.9 Å². The van der Waals surface area contributed by atoms with Crippen LogP contribution in [0.15, 0.2) is 35.5 Å². The molecule has 1 saturated carbocycles. The summed E-state index contributed by atoms with van der Waals surface area (Å²) in [6.45, 7) is 2.74. The van der Waals surface area contributed by atoms with Crippen molar-refractivity contribution in [1.82, 2.24) is 0 Å². The average Bonchev–Trinajstić information content (AvgIpc) is 2.57. The molecule has 1 fully saturated rings. The molecule has 0 aliphatic heterocycles. The lowest BCUT2D eigenvalue weighted by Gasteiger charge is -2.33. The quantitative estimate of drug-likeness (QED) is 0.432. The minimum Gasteiger partial charge on any atom is -0.466 e. The standard InChI is InChI=1S/C17H22BrNO3/c1-2-21-16(20)17(13-18)10-8-15(9-11-17)19-22-12-14-6-4-3-5-7-14/h3-7H,2,8-13H2,1H3. The van der Waals surface area contributed by atoms with Crippen LogP contribution < -0.4 is 0 Å². The molecule has 1 aliphatic rings. The smallest absolute Gasteiger partial charge is 0.312 e. The molecular formula is C17H22BrNO3. The molecule has 5 heteroatoms. The van der Waals surface area contributed by atoms with Crippen LogP contribution in [0.4, 0.5) is 0 Å². The van der Waals surface area contributed by atoms with Gasteiger partial charge in [0.1, 0.15) is 6.61 Å². The second-order valence-corrected chi connectivity index (χ2v) is 6.11. The summed E-state index contributed by atoms with van der Waals surface area (Å²) in [7, 11) is 0. The molecule has 4 nitrogen and oxygen atoms in total. The van der Waals surface area contributed by atoms with Gasteiger partial charge in [-0.1, -0.05) is 51.4 Å².